The fourth-order valence-electron chi connectivity index (χ4n) is 2.70. The molecule has 1 unspecified atom stereocenters. The molecule has 0 N–H and O–H groups in total. The van der Waals surface area contributed by atoms with Crippen molar-refractivity contribution in [1.82, 2.24) is 4.90 Å². The van der Waals surface area contributed by atoms with Crippen LogP contribution < -0.4 is 0 Å². The number of rotatable bonds is 4. The Morgan fingerprint density at radius 2 is 2.05 bits per heavy atom. The molecule has 0 spiro atoms. The second-order valence-corrected chi connectivity index (χ2v) is 5.39. The van der Waals surface area contributed by atoms with Gasteiger partial charge in [0, 0.05) is 12.6 Å². The third-order valence-electron chi connectivity index (χ3n) is 3.89. The molecule has 1 aromatic carbocycles. The first-order chi connectivity index (χ1) is 9.19. The molecule has 1 saturated heterocycles. The van der Waals surface area contributed by atoms with E-state index >= 15 is 0 Å². The predicted molar refractivity (Wildman–Crippen MR) is 75.9 cm³/mol. The van der Waals surface area contributed by atoms with Gasteiger partial charge in [-0.3, -0.25) is 9.69 Å². The van der Waals surface area contributed by atoms with E-state index in [1.165, 1.54) is 31.1 Å². The van der Waals surface area contributed by atoms with Gasteiger partial charge in [0.2, 0.25) is 0 Å². The summed E-state index contributed by atoms with van der Waals surface area (Å²) in [6.45, 7) is 4.11. The third kappa shape index (κ3) is 4.06. The Morgan fingerprint density at radius 1 is 1.32 bits per heavy atom. The summed E-state index contributed by atoms with van der Waals surface area (Å²) in [5.41, 5.74) is 2.61. The Hall–Kier alpha value is -1.35. The minimum absolute atomic E-state index is 0.0965. The van der Waals surface area contributed by atoms with Gasteiger partial charge in [-0.05, 0) is 31.9 Å². The Morgan fingerprint density at radius 3 is 2.74 bits per heavy atom. The van der Waals surface area contributed by atoms with Crippen molar-refractivity contribution in [1.29, 1.82) is 0 Å². The predicted octanol–water partition coefficient (Wildman–Crippen LogP) is 2.91. The molecular weight excluding hydrogens is 238 g/mol. The molecule has 3 heteroatoms. The van der Waals surface area contributed by atoms with E-state index in [0.29, 0.717) is 12.5 Å². The molecular formula is C16H23NO2. The fraction of sp³-hybridized carbons (Fsp3) is 0.562. The van der Waals surface area contributed by atoms with Crippen molar-refractivity contribution < 1.29 is 9.53 Å². The second kappa shape index (κ2) is 6.71. The Balaban J connectivity index is 1.99. The molecule has 0 aromatic heterocycles. The van der Waals surface area contributed by atoms with Crippen LogP contribution >= 0.6 is 0 Å². The van der Waals surface area contributed by atoms with Crippen molar-refractivity contribution in [2.75, 3.05) is 13.7 Å². The number of piperidine rings is 1. The molecule has 0 saturated carbocycles. The zero-order chi connectivity index (χ0) is 13.7. The molecule has 1 aliphatic rings. The number of aryl methyl sites for hydroxylation is 1. The van der Waals surface area contributed by atoms with E-state index < -0.39 is 0 Å². The van der Waals surface area contributed by atoms with Crippen molar-refractivity contribution >= 4 is 5.97 Å². The number of hydrogen-bond donors (Lipinski definition) is 0. The smallest absolute Gasteiger partial charge is 0.307 e. The molecule has 0 aliphatic carbocycles. The molecule has 3 nitrogen and oxygen atoms in total. The molecule has 2 rings (SSSR count). The van der Waals surface area contributed by atoms with Crippen LogP contribution in [0.4, 0.5) is 0 Å². The molecule has 1 fully saturated rings. The van der Waals surface area contributed by atoms with E-state index in [1.807, 2.05) is 0 Å². The summed E-state index contributed by atoms with van der Waals surface area (Å²) in [6.07, 6.45) is 4.05. The van der Waals surface area contributed by atoms with Crippen LogP contribution in [-0.4, -0.2) is 30.6 Å². The highest BCUT2D eigenvalue weighted by Crippen LogP contribution is 2.22. The number of hydrogen-bond acceptors (Lipinski definition) is 3. The van der Waals surface area contributed by atoms with Crippen molar-refractivity contribution in [2.24, 2.45) is 0 Å². The summed E-state index contributed by atoms with van der Waals surface area (Å²) in [5, 5.41) is 0. The molecule has 1 aliphatic heterocycles. The standard InChI is InChI=1S/C16H23NO2/c1-13-6-8-14(9-7-13)12-17-10-4-3-5-15(17)11-16(18)19-2/h6-9,15H,3-5,10-12H2,1-2H3. The van der Waals surface area contributed by atoms with Crippen molar-refractivity contribution in [3.8, 4) is 0 Å². The van der Waals surface area contributed by atoms with Crippen molar-refractivity contribution in [2.45, 2.75) is 45.2 Å². The fourth-order valence-corrected chi connectivity index (χ4v) is 2.70. The zero-order valence-corrected chi connectivity index (χ0v) is 11.9. The van der Waals surface area contributed by atoms with Crippen LogP contribution in [0.2, 0.25) is 0 Å². The minimum Gasteiger partial charge on any atom is -0.469 e. The summed E-state index contributed by atoms with van der Waals surface area (Å²) in [6, 6.07) is 8.99. The number of benzene rings is 1. The molecule has 19 heavy (non-hydrogen) atoms. The van der Waals surface area contributed by atoms with Gasteiger partial charge in [0.1, 0.15) is 0 Å². The molecule has 1 atom stereocenters. The van der Waals surface area contributed by atoms with Gasteiger partial charge < -0.3 is 4.74 Å². The van der Waals surface area contributed by atoms with Crippen LogP contribution in [0.5, 0.6) is 0 Å². The van der Waals surface area contributed by atoms with E-state index in [0.717, 1.165) is 19.5 Å². The zero-order valence-electron chi connectivity index (χ0n) is 11.9. The first-order valence-corrected chi connectivity index (χ1v) is 7.05. The minimum atomic E-state index is -0.0965. The van der Waals surface area contributed by atoms with Crippen LogP contribution in [0.3, 0.4) is 0 Å². The summed E-state index contributed by atoms with van der Waals surface area (Å²) in [7, 11) is 1.47. The summed E-state index contributed by atoms with van der Waals surface area (Å²) < 4.78 is 4.80. The maximum Gasteiger partial charge on any atom is 0.307 e. The number of nitrogens with zero attached hydrogens (tertiary/aromatic N) is 1. The van der Waals surface area contributed by atoms with Gasteiger partial charge in [0.25, 0.3) is 0 Å². The highest BCUT2D eigenvalue weighted by Gasteiger charge is 2.24. The van der Waals surface area contributed by atoms with E-state index in [-0.39, 0.29) is 5.97 Å². The maximum absolute atomic E-state index is 11.5. The van der Waals surface area contributed by atoms with Gasteiger partial charge >= 0.3 is 5.97 Å². The monoisotopic (exact) mass is 261 g/mol. The largest absolute Gasteiger partial charge is 0.469 e. The van der Waals surface area contributed by atoms with E-state index in [4.69, 9.17) is 4.74 Å². The number of likely N-dealkylation sites (tertiary alicyclic amines) is 1. The lowest BCUT2D eigenvalue weighted by Crippen LogP contribution is -2.40. The number of carbonyl (C=O) groups is 1. The summed E-state index contributed by atoms with van der Waals surface area (Å²) in [5.74, 6) is -0.0965. The normalized spacial score (nSPS) is 20.2. The van der Waals surface area contributed by atoms with Gasteiger partial charge in [-0.15, -0.1) is 0 Å². The van der Waals surface area contributed by atoms with Crippen molar-refractivity contribution in [3.63, 3.8) is 0 Å². The lowest BCUT2D eigenvalue weighted by atomic mass is 9.98. The number of esters is 1. The second-order valence-electron chi connectivity index (χ2n) is 5.39. The van der Waals surface area contributed by atoms with Crippen LogP contribution in [0.1, 0.15) is 36.8 Å². The van der Waals surface area contributed by atoms with Crippen LogP contribution in [0, 0.1) is 6.92 Å². The Kier molecular flexibility index (Phi) is 4.97. The molecule has 1 heterocycles. The summed E-state index contributed by atoms with van der Waals surface area (Å²) >= 11 is 0. The molecule has 0 bridgehead atoms. The Bertz CT molecular complexity index is 413. The molecule has 1 aromatic rings. The van der Waals surface area contributed by atoms with Gasteiger partial charge in [0.15, 0.2) is 0 Å². The topological polar surface area (TPSA) is 29.5 Å². The molecule has 0 amide bonds. The van der Waals surface area contributed by atoms with Gasteiger partial charge in [-0.25, -0.2) is 0 Å². The van der Waals surface area contributed by atoms with E-state index in [9.17, 15) is 4.79 Å². The quantitative estimate of drug-likeness (QED) is 0.780. The number of methoxy groups -OCH3 is 1. The van der Waals surface area contributed by atoms with Crippen LogP contribution in [0.15, 0.2) is 24.3 Å². The number of carbonyl (C=O) groups excluding carboxylic acids is 1. The SMILES string of the molecule is COC(=O)CC1CCCCN1Cc1ccc(C)cc1. The summed E-state index contributed by atoms with van der Waals surface area (Å²) in [4.78, 5) is 13.9. The van der Waals surface area contributed by atoms with Gasteiger partial charge in [-0.1, -0.05) is 36.2 Å². The average molecular weight is 261 g/mol. The van der Waals surface area contributed by atoms with E-state index in [2.05, 4.69) is 36.1 Å². The van der Waals surface area contributed by atoms with Gasteiger partial charge in [-0.2, -0.15) is 0 Å². The van der Waals surface area contributed by atoms with Gasteiger partial charge in [0.05, 0.1) is 13.5 Å². The lowest BCUT2D eigenvalue weighted by Gasteiger charge is -2.35. The van der Waals surface area contributed by atoms with E-state index in [1.54, 1.807) is 0 Å². The van der Waals surface area contributed by atoms with Crippen LogP contribution in [0.25, 0.3) is 0 Å². The molecule has 0 radical (unpaired) electrons. The average Bonchev–Trinajstić information content (AvgIpc) is 2.43. The maximum atomic E-state index is 11.5. The lowest BCUT2D eigenvalue weighted by molar-refractivity contribution is -0.142. The molecule has 104 valence electrons. The third-order valence-corrected chi connectivity index (χ3v) is 3.89. The van der Waals surface area contributed by atoms with Crippen LogP contribution in [-0.2, 0) is 16.1 Å². The first kappa shape index (κ1) is 14.1. The van der Waals surface area contributed by atoms with Crippen molar-refractivity contribution in [3.05, 3.63) is 35.4 Å². The number of ether oxygens (including phenoxy) is 1. The Labute approximate surface area is 115 Å². The highest BCUT2D eigenvalue weighted by molar-refractivity contribution is 5.69. The highest BCUT2D eigenvalue weighted by atomic mass is 16.5. The first-order valence-electron chi connectivity index (χ1n) is 7.05.